The van der Waals surface area contributed by atoms with E-state index >= 15 is 13.2 Å². The van der Waals surface area contributed by atoms with Crippen LogP contribution in [0.3, 0.4) is 0 Å². The predicted octanol–water partition coefficient (Wildman–Crippen LogP) is 14.5. The Hall–Kier alpha value is -3.14. The van der Waals surface area contributed by atoms with Crippen LogP contribution in [0.2, 0.25) is 0 Å². The third-order valence-corrected chi connectivity index (χ3v) is 10.9. The molecule has 3 aromatic carbocycles. The summed E-state index contributed by atoms with van der Waals surface area (Å²) in [5.74, 6) is -1.42. The van der Waals surface area contributed by atoms with E-state index in [-0.39, 0.29) is 16.7 Å². The Kier molecular flexibility index (Phi) is 15.0. The standard InChI is InChI=1S/C44H56F4/c1-5-8-10-11-12-13-14-16-37-27-28-39(43(47)41(37)45)35-23-25-36(26-24-35)40-30-29-38(42(46)44(40)48)31(4)17-20-33(7-3)34-21-18-32(19-22-34)15-9-6-2/h6,23-30,32-34H,2,4-5,7-22H2,1,3H3. The molecule has 0 amide bonds. The average Bonchev–Trinajstić information content (AvgIpc) is 3.10. The molecule has 1 fully saturated rings. The zero-order valence-electron chi connectivity index (χ0n) is 29.4. The number of aryl methyl sites for hydroxylation is 1. The van der Waals surface area contributed by atoms with Gasteiger partial charge < -0.3 is 0 Å². The minimum absolute atomic E-state index is 0.131. The summed E-state index contributed by atoms with van der Waals surface area (Å²) < 4.78 is 61.0. The fraction of sp³-hybridized carbons (Fsp3) is 0.500. The fourth-order valence-electron chi connectivity index (χ4n) is 7.72. The van der Waals surface area contributed by atoms with Crippen molar-refractivity contribution in [2.75, 3.05) is 0 Å². The molecule has 1 saturated carbocycles. The molecule has 3 aromatic rings. The van der Waals surface area contributed by atoms with Crippen molar-refractivity contribution < 1.29 is 17.6 Å². The van der Waals surface area contributed by atoms with Crippen LogP contribution < -0.4 is 0 Å². The van der Waals surface area contributed by atoms with Crippen LogP contribution in [0, 0.1) is 41.0 Å². The van der Waals surface area contributed by atoms with Crippen LogP contribution in [0.25, 0.3) is 27.8 Å². The number of halogens is 4. The molecule has 0 spiro atoms. The third-order valence-electron chi connectivity index (χ3n) is 10.9. The van der Waals surface area contributed by atoms with Gasteiger partial charge in [-0.15, -0.1) is 6.58 Å². The van der Waals surface area contributed by atoms with E-state index in [1.807, 2.05) is 6.08 Å². The van der Waals surface area contributed by atoms with E-state index in [0.717, 1.165) is 44.4 Å². The molecule has 0 aromatic heterocycles. The van der Waals surface area contributed by atoms with Gasteiger partial charge in [-0.2, -0.15) is 0 Å². The van der Waals surface area contributed by atoms with Gasteiger partial charge in [-0.3, -0.25) is 0 Å². The van der Waals surface area contributed by atoms with Gasteiger partial charge in [-0.05, 0) is 91.4 Å². The Morgan fingerprint density at radius 1 is 0.729 bits per heavy atom. The molecule has 0 aliphatic heterocycles. The molecule has 48 heavy (non-hydrogen) atoms. The molecule has 0 nitrogen and oxygen atoms in total. The molecule has 0 N–H and O–H groups in total. The molecule has 1 unspecified atom stereocenters. The predicted molar refractivity (Wildman–Crippen MR) is 196 cm³/mol. The SMILES string of the molecule is C=CCCC1CCC(C(CC)CCC(=C)c2ccc(-c3ccc(-c4ccc(CCCCCCCCC)c(F)c4F)cc3)c(F)c2F)CC1. The molecule has 1 aliphatic rings. The van der Waals surface area contributed by atoms with E-state index in [1.165, 1.54) is 57.8 Å². The molecular formula is C44H56F4. The van der Waals surface area contributed by atoms with Crippen LogP contribution in [-0.2, 0) is 6.42 Å². The Balaban J connectivity index is 1.35. The molecule has 260 valence electrons. The van der Waals surface area contributed by atoms with Gasteiger partial charge in [0, 0.05) is 16.7 Å². The second-order valence-electron chi connectivity index (χ2n) is 14.1. The smallest absolute Gasteiger partial charge is 0.167 e. The highest BCUT2D eigenvalue weighted by molar-refractivity contribution is 5.74. The summed E-state index contributed by atoms with van der Waals surface area (Å²) >= 11 is 0. The second kappa shape index (κ2) is 19.2. The van der Waals surface area contributed by atoms with Crippen LogP contribution >= 0.6 is 0 Å². The summed E-state index contributed by atoms with van der Waals surface area (Å²) in [6.07, 6.45) is 20.4. The van der Waals surface area contributed by atoms with Gasteiger partial charge in [0.05, 0.1) is 0 Å². The van der Waals surface area contributed by atoms with Crippen LogP contribution in [0.15, 0.2) is 67.8 Å². The highest BCUT2D eigenvalue weighted by Gasteiger charge is 2.27. The zero-order valence-corrected chi connectivity index (χ0v) is 29.4. The number of rotatable bonds is 19. The number of hydrogen-bond acceptors (Lipinski definition) is 0. The maximum absolute atomic E-state index is 15.4. The van der Waals surface area contributed by atoms with Crippen molar-refractivity contribution in [3.8, 4) is 22.3 Å². The Bertz CT molecular complexity index is 1460. The average molecular weight is 661 g/mol. The van der Waals surface area contributed by atoms with Gasteiger partial charge in [-0.25, -0.2) is 17.6 Å². The van der Waals surface area contributed by atoms with Crippen molar-refractivity contribution in [3.05, 3.63) is 102 Å². The van der Waals surface area contributed by atoms with Crippen molar-refractivity contribution in [1.82, 2.24) is 0 Å². The highest BCUT2D eigenvalue weighted by Crippen LogP contribution is 2.40. The van der Waals surface area contributed by atoms with Gasteiger partial charge >= 0.3 is 0 Å². The van der Waals surface area contributed by atoms with E-state index in [9.17, 15) is 4.39 Å². The molecule has 0 heterocycles. The number of unbranched alkanes of at least 4 members (excludes halogenated alkanes) is 6. The monoisotopic (exact) mass is 660 g/mol. The maximum atomic E-state index is 15.4. The van der Waals surface area contributed by atoms with E-state index in [4.69, 9.17) is 0 Å². The summed E-state index contributed by atoms with van der Waals surface area (Å²) in [5, 5.41) is 0. The fourth-order valence-corrected chi connectivity index (χ4v) is 7.72. The summed E-state index contributed by atoms with van der Waals surface area (Å²) in [7, 11) is 0. The van der Waals surface area contributed by atoms with Gasteiger partial charge in [0.1, 0.15) is 0 Å². The van der Waals surface area contributed by atoms with Crippen LogP contribution in [0.5, 0.6) is 0 Å². The van der Waals surface area contributed by atoms with Crippen molar-refractivity contribution in [2.24, 2.45) is 17.8 Å². The summed E-state index contributed by atoms with van der Waals surface area (Å²) in [6, 6.07) is 13.0. The lowest BCUT2D eigenvalue weighted by Gasteiger charge is -2.34. The van der Waals surface area contributed by atoms with Gasteiger partial charge in [0.15, 0.2) is 23.3 Å². The molecule has 0 bridgehead atoms. The molecule has 4 heteroatoms. The molecule has 0 saturated heterocycles. The maximum Gasteiger partial charge on any atom is 0.167 e. The van der Waals surface area contributed by atoms with Crippen LogP contribution in [-0.4, -0.2) is 0 Å². The minimum atomic E-state index is -0.918. The van der Waals surface area contributed by atoms with E-state index in [2.05, 4.69) is 27.0 Å². The first-order valence-electron chi connectivity index (χ1n) is 18.6. The third kappa shape index (κ3) is 9.95. The van der Waals surface area contributed by atoms with Crippen LogP contribution in [0.4, 0.5) is 17.6 Å². The summed E-state index contributed by atoms with van der Waals surface area (Å²) in [4.78, 5) is 0. The molecular weight excluding hydrogens is 604 g/mol. The van der Waals surface area contributed by atoms with Crippen LogP contribution in [0.1, 0.15) is 128 Å². The van der Waals surface area contributed by atoms with Crippen molar-refractivity contribution >= 4 is 5.57 Å². The van der Waals surface area contributed by atoms with E-state index < -0.39 is 23.3 Å². The van der Waals surface area contributed by atoms with Crippen molar-refractivity contribution in [2.45, 2.75) is 123 Å². The lowest BCUT2D eigenvalue weighted by molar-refractivity contribution is 0.188. The lowest BCUT2D eigenvalue weighted by atomic mass is 9.72. The first-order chi connectivity index (χ1) is 23.3. The van der Waals surface area contributed by atoms with Gasteiger partial charge in [0.2, 0.25) is 0 Å². The second-order valence-corrected chi connectivity index (χ2v) is 14.1. The highest BCUT2D eigenvalue weighted by atomic mass is 19.2. The number of hydrogen-bond donors (Lipinski definition) is 0. The van der Waals surface area contributed by atoms with E-state index in [0.29, 0.717) is 46.9 Å². The van der Waals surface area contributed by atoms with Crippen molar-refractivity contribution in [1.29, 1.82) is 0 Å². The zero-order chi connectivity index (χ0) is 34.5. The topological polar surface area (TPSA) is 0 Å². The Morgan fingerprint density at radius 2 is 1.31 bits per heavy atom. The Morgan fingerprint density at radius 3 is 1.92 bits per heavy atom. The first kappa shape index (κ1) is 37.7. The lowest BCUT2D eigenvalue weighted by Crippen LogP contribution is -2.21. The molecule has 0 radical (unpaired) electrons. The quantitative estimate of drug-likeness (QED) is 0.0682. The summed E-state index contributed by atoms with van der Waals surface area (Å²) in [6.45, 7) is 12.4. The van der Waals surface area contributed by atoms with Crippen molar-refractivity contribution in [3.63, 3.8) is 0 Å². The number of allylic oxidation sites excluding steroid dienone is 2. The largest absolute Gasteiger partial charge is 0.203 e. The number of benzene rings is 3. The molecule has 1 atom stereocenters. The summed E-state index contributed by atoms with van der Waals surface area (Å²) in [5.41, 5.74) is 2.49. The molecule has 4 rings (SSSR count). The Labute approximate surface area is 287 Å². The first-order valence-corrected chi connectivity index (χ1v) is 18.6. The van der Waals surface area contributed by atoms with E-state index in [1.54, 1.807) is 48.5 Å². The minimum Gasteiger partial charge on any atom is -0.203 e. The van der Waals surface area contributed by atoms with Gasteiger partial charge in [0.25, 0.3) is 0 Å². The van der Waals surface area contributed by atoms with Gasteiger partial charge in [-0.1, -0.05) is 133 Å². The molecule has 1 aliphatic carbocycles. The normalized spacial score (nSPS) is 17.0.